The summed E-state index contributed by atoms with van der Waals surface area (Å²) < 4.78 is 5.12. The van der Waals surface area contributed by atoms with Gasteiger partial charge in [-0.1, -0.05) is 140 Å². The normalized spacial score (nSPS) is 11.8. The van der Waals surface area contributed by atoms with Gasteiger partial charge < -0.3 is 4.57 Å². The Morgan fingerprint density at radius 1 is 0.404 bits per heavy atom. The standard InChI is InChI=1S/C48H29N3S/c1-3-14-31(15-4-1)40-29-41(32-16-5-2-6-17-32)50-48(49-40)33-23-26-34(27-24-33)51-45-35-18-8-7-13-30(35)25-28-39(45)43-36-19-9-10-20-37(36)44-38-21-11-12-22-42(38)52-47(44)46(43)51/h1-29H. The van der Waals surface area contributed by atoms with Crippen LogP contribution in [0.4, 0.5) is 0 Å². The zero-order valence-electron chi connectivity index (χ0n) is 28.0. The van der Waals surface area contributed by atoms with Crippen molar-refractivity contribution in [2.45, 2.75) is 0 Å². The molecule has 0 aliphatic heterocycles. The zero-order valence-corrected chi connectivity index (χ0v) is 28.8. The minimum absolute atomic E-state index is 0.706. The van der Waals surface area contributed by atoms with E-state index in [1.807, 2.05) is 23.5 Å². The van der Waals surface area contributed by atoms with Crippen LogP contribution >= 0.6 is 11.3 Å². The average molecular weight is 680 g/mol. The number of fused-ring (bicyclic) bond motifs is 12. The SMILES string of the molecule is c1ccc(-c2cc(-c3ccccc3)nc(-c3ccc(-n4c5c6ccccc6ccc5c5c6ccccc6c6c7ccccc7sc6c54)cc3)n2)cc1. The first-order valence-corrected chi connectivity index (χ1v) is 18.4. The lowest BCUT2D eigenvalue weighted by molar-refractivity contribution is 1.17. The van der Waals surface area contributed by atoms with E-state index in [-0.39, 0.29) is 0 Å². The van der Waals surface area contributed by atoms with Crippen molar-refractivity contribution in [3.05, 3.63) is 176 Å². The monoisotopic (exact) mass is 679 g/mol. The van der Waals surface area contributed by atoms with Gasteiger partial charge in [-0.15, -0.1) is 11.3 Å². The molecule has 0 aliphatic carbocycles. The second-order valence-corrected chi connectivity index (χ2v) is 14.4. The van der Waals surface area contributed by atoms with Crippen LogP contribution in [0.1, 0.15) is 0 Å². The number of hydrogen-bond acceptors (Lipinski definition) is 3. The van der Waals surface area contributed by atoms with Crippen LogP contribution < -0.4 is 0 Å². The molecule has 3 heterocycles. The molecule has 0 amide bonds. The lowest BCUT2D eigenvalue weighted by atomic mass is 9.98. The van der Waals surface area contributed by atoms with E-state index in [9.17, 15) is 0 Å². The molecule has 0 unspecified atom stereocenters. The lowest BCUT2D eigenvalue weighted by Gasteiger charge is -2.13. The molecule has 0 bridgehead atoms. The summed E-state index contributed by atoms with van der Waals surface area (Å²) in [5.41, 5.74) is 8.50. The number of rotatable bonds is 4. The Morgan fingerprint density at radius 3 is 1.67 bits per heavy atom. The Hall–Kier alpha value is -6.62. The fourth-order valence-electron chi connectivity index (χ4n) is 8.04. The topological polar surface area (TPSA) is 30.7 Å². The van der Waals surface area contributed by atoms with E-state index in [0.717, 1.165) is 33.8 Å². The molecule has 11 rings (SSSR count). The van der Waals surface area contributed by atoms with Gasteiger partial charge in [0.25, 0.3) is 0 Å². The summed E-state index contributed by atoms with van der Waals surface area (Å²) in [5.74, 6) is 0.706. The van der Waals surface area contributed by atoms with Gasteiger partial charge in [-0.3, -0.25) is 0 Å². The van der Waals surface area contributed by atoms with Crippen LogP contribution in [0, 0.1) is 0 Å². The highest BCUT2D eigenvalue weighted by molar-refractivity contribution is 7.27. The van der Waals surface area contributed by atoms with Crippen molar-refractivity contribution in [1.29, 1.82) is 0 Å². The Labute approximate surface area is 303 Å². The van der Waals surface area contributed by atoms with Gasteiger partial charge in [0, 0.05) is 54.0 Å². The number of benzene rings is 8. The van der Waals surface area contributed by atoms with Gasteiger partial charge in [-0.2, -0.15) is 0 Å². The molecule has 3 nitrogen and oxygen atoms in total. The molecule has 4 heteroatoms. The molecule has 8 aromatic carbocycles. The highest BCUT2D eigenvalue weighted by atomic mass is 32.1. The Kier molecular flexibility index (Phi) is 6.42. The third kappa shape index (κ3) is 4.38. The minimum atomic E-state index is 0.706. The molecule has 52 heavy (non-hydrogen) atoms. The summed E-state index contributed by atoms with van der Waals surface area (Å²) in [6.45, 7) is 0. The maximum absolute atomic E-state index is 5.12. The van der Waals surface area contributed by atoms with Gasteiger partial charge in [0.05, 0.1) is 27.1 Å². The predicted octanol–water partition coefficient (Wildman–Crippen LogP) is 13.2. The molecule has 0 N–H and O–H groups in total. The van der Waals surface area contributed by atoms with E-state index in [1.165, 1.54) is 63.5 Å². The van der Waals surface area contributed by atoms with E-state index in [0.29, 0.717) is 5.82 Å². The van der Waals surface area contributed by atoms with Crippen molar-refractivity contribution >= 4 is 74.9 Å². The third-order valence-corrected chi connectivity index (χ3v) is 11.6. The number of thiophene rings is 1. The Morgan fingerprint density at radius 2 is 0.981 bits per heavy atom. The van der Waals surface area contributed by atoms with Crippen molar-refractivity contribution in [3.63, 3.8) is 0 Å². The van der Waals surface area contributed by atoms with Crippen molar-refractivity contribution in [2.75, 3.05) is 0 Å². The number of nitrogens with zero attached hydrogens (tertiary/aromatic N) is 3. The number of aromatic nitrogens is 3. The second-order valence-electron chi connectivity index (χ2n) is 13.3. The fraction of sp³-hybridized carbons (Fsp3) is 0. The largest absolute Gasteiger partial charge is 0.307 e. The summed E-state index contributed by atoms with van der Waals surface area (Å²) >= 11 is 1.89. The molecular formula is C48H29N3S. The molecule has 3 aromatic heterocycles. The summed E-state index contributed by atoms with van der Waals surface area (Å²) in [5, 5.41) is 10.2. The van der Waals surface area contributed by atoms with Gasteiger partial charge in [0.2, 0.25) is 0 Å². The van der Waals surface area contributed by atoms with Crippen molar-refractivity contribution in [3.8, 4) is 39.6 Å². The van der Waals surface area contributed by atoms with Gasteiger partial charge in [-0.05, 0) is 52.6 Å². The average Bonchev–Trinajstić information content (AvgIpc) is 3.79. The molecule has 11 aromatic rings. The molecule has 0 saturated carbocycles. The van der Waals surface area contributed by atoms with Gasteiger partial charge in [0.1, 0.15) is 0 Å². The van der Waals surface area contributed by atoms with Crippen molar-refractivity contribution < 1.29 is 0 Å². The van der Waals surface area contributed by atoms with E-state index in [4.69, 9.17) is 9.97 Å². The Bertz CT molecular complexity index is 3100. The van der Waals surface area contributed by atoms with Crippen LogP contribution in [0.3, 0.4) is 0 Å². The molecule has 0 atom stereocenters. The minimum Gasteiger partial charge on any atom is -0.307 e. The van der Waals surface area contributed by atoms with Crippen LogP contribution in [0.15, 0.2) is 176 Å². The first-order valence-electron chi connectivity index (χ1n) is 17.6. The van der Waals surface area contributed by atoms with Crippen molar-refractivity contribution in [1.82, 2.24) is 14.5 Å². The summed E-state index contributed by atoms with van der Waals surface area (Å²) in [6, 6.07) is 62.8. The molecule has 0 radical (unpaired) electrons. The van der Waals surface area contributed by atoms with Crippen molar-refractivity contribution in [2.24, 2.45) is 0 Å². The first-order chi connectivity index (χ1) is 25.8. The predicted molar refractivity (Wildman–Crippen MR) is 221 cm³/mol. The van der Waals surface area contributed by atoms with E-state index >= 15 is 0 Å². The van der Waals surface area contributed by atoms with Crippen LogP contribution in [0.25, 0.3) is 103 Å². The zero-order chi connectivity index (χ0) is 34.2. The maximum Gasteiger partial charge on any atom is 0.160 e. The van der Waals surface area contributed by atoms with Gasteiger partial charge in [-0.25, -0.2) is 9.97 Å². The van der Waals surface area contributed by atoms with E-state index in [1.54, 1.807) is 0 Å². The smallest absolute Gasteiger partial charge is 0.160 e. The maximum atomic E-state index is 5.12. The van der Waals surface area contributed by atoms with Gasteiger partial charge >= 0.3 is 0 Å². The van der Waals surface area contributed by atoms with E-state index < -0.39 is 0 Å². The highest BCUT2D eigenvalue weighted by Crippen LogP contribution is 2.49. The summed E-state index contributed by atoms with van der Waals surface area (Å²) in [4.78, 5) is 10.2. The summed E-state index contributed by atoms with van der Waals surface area (Å²) in [7, 11) is 0. The van der Waals surface area contributed by atoms with E-state index in [2.05, 4.69) is 168 Å². The molecule has 0 fully saturated rings. The number of hydrogen-bond donors (Lipinski definition) is 0. The first kappa shape index (κ1) is 29.1. The molecule has 0 aliphatic rings. The van der Waals surface area contributed by atoms with Crippen LogP contribution in [-0.4, -0.2) is 14.5 Å². The third-order valence-electron chi connectivity index (χ3n) is 10.4. The molecule has 0 spiro atoms. The van der Waals surface area contributed by atoms with Gasteiger partial charge in [0.15, 0.2) is 5.82 Å². The highest BCUT2D eigenvalue weighted by Gasteiger charge is 2.23. The summed E-state index contributed by atoms with van der Waals surface area (Å²) in [6.07, 6.45) is 0. The second kappa shape index (κ2) is 11.5. The molecule has 0 saturated heterocycles. The van der Waals surface area contributed by atoms with Crippen LogP contribution in [-0.2, 0) is 0 Å². The van der Waals surface area contributed by atoms with Crippen LogP contribution in [0.5, 0.6) is 0 Å². The lowest BCUT2D eigenvalue weighted by Crippen LogP contribution is -1.98. The molecular weight excluding hydrogens is 651 g/mol. The van der Waals surface area contributed by atoms with Crippen LogP contribution in [0.2, 0.25) is 0 Å². The Balaban J connectivity index is 1.20. The fourth-order valence-corrected chi connectivity index (χ4v) is 9.30. The molecule has 242 valence electrons. The quantitative estimate of drug-likeness (QED) is 0.185.